The second-order valence-corrected chi connectivity index (χ2v) is 4.66. The Hall–Kier alpha value is -2.73. The molecule has 0 unspecified atom stereocenters. The van der Waals surface area contributed by atoms with Crippen molar-refractivity contribution >= 4 is 23.1 Å². The molecule has 0 heterocycles. The van der Waals surface area contributed by atoms with Crippen LogP contribution in [-0.2, 0) is 4.74 Å². The topological polar surface area (TPSA) is 75.1 Å². The molecule has 2 aromatic carbocycles. The van der Waals surface area contributed by atoms with Crippen LogP contribution in [0.3, 0.4) is 0 Å². The Kier molecular flexibility index (Phi) is 6.74. The van der Waals surface area contributed by atoms with E-state index in [1.807, 2.05) is 37.3 Å². The number of urea groups is 1. The van der Waals surface area contributed by atoms with Crippen molar-refractivity contribution in [3.63, 3.8) is 0 Å². The molecule has 0 aliphatic rings. The Morgan fingerprint density at radius 2 is 1.65 bits per heavy atom. The van der Waals surface area contributed by atoms with E-state index in [2.05, 4.69) is 20.9 Å². The van der Waals surface area contributed by atoms with Crippen molar-refractivity contribution in [1.29, 1.82) is 0 Å². The summed E-state index contributed by atoms with van der Waals surface area (Å²) in [6, 6.07) is 16.4. The molecule has 2 aromatic rings. The normalized spacial score (nSPS) is 10.7. The van der Waals surface area contributed by atoms with Crippen LogP contribution >= 0.6 is 0 Å². The van der Waals surface area contributed by atoms with Crippen LogP contribution in [0.2, 0.25) is 0 Å². The van der Waals surface area contributed by atoms with Crippen molar-refractivity contribution in [1.82, 2.24) is 5.32 Å². The first kappa shape index (κ1) is 16.6. The lowest BCUT2D eigenvalue weighted by molar-refractivity contribution is 0.150. The zero-order chi connectivity index (χ0) is 16.3. The van der Waals surface area contributed by atoms with Gasteiger partial charge in [-0.2, -0.15) is 10.2 Å². The quantitative estimate of drug-likeness (QED) is 0.592. The van der Waals surface area contributed by atoms with Gasteiger partial charge in [0.25, 0.3) is 0 Å². The van der Waals surface area contributed by atoms with E-state index in [1.54, 1.807) is 24.3 Å². The van der Waals surface area contributed by atoms with E-state index in [9.17, 15) is 4.79 Å². The third kappa shape index (κ3) is 6.27. The highest BCUT2D eigenvalue weighted by Crippen LogP contribution is 2.19. The van der Waals surface area contributed by atoms with Gasteiger partial charge in [0.15, 0.2) is 0 Å². The molecule has 0 spiro atoms. The average Bonchev–Trinajstić information content (AvgIpc) is 2.59. The van der Waals surface area contributed by atoms with Crippen LogP contribution in [0, 0.1) is 0 Å². The number of hydrogen-bond acceptors (Lipinski definition) is 4. The molecule has 2 rings (SSSR count). The van der Waals surface area contributed by atoms with Crippen molar-refractivity contribution in [2.45, 2.75) is 6.92 Å². The Labute approximate surface area is 135 Å². The van der Waals surface area contributed by atoms with E-state index in [-0.39, 0.29) is 6.03 Å². The van der Waals surface area contributed by atoms with Crippen LogP contribution in [0.4, 0.5) is 21.9 Å². The minimum absolute atomic E-state index is 0.261. The molecule has 0 saturated carbocycles. The molecule has 6 nitrogen and oxygen atoms in total. The number of rotatable bonds is 7. The third-order valence-electron chi connectivity index (χ3n) is 2.90. The summed E-state index contributed by atoms with van der Waals surface area (Å²) in [5.74, 6) is 0. The predicted molar refractivity (Wildman–Crippen MR) is 90.6 cm³/mol. The molecule has 0 bridgehead atoms. The Morgan fingerprint density at radius 3 is 2.30 bits per heavy atom. The van der Waals surface area contributed by atoms with Gasteiger partial charge in [0.05, 0.1) is 18.0 Å². The fraction of sp³-hybridized carbons (Fsp3) is 0.235. The first-order chi connectivity index (χ1) is 11.3. The van der Waals surface area contributed by atoms with E-state index < -0.39 is 0 Å². The molecule has 0 aliphatic heterocycles. The van der Waals surface area contributed by atoms with Gasteiger partial charge in [0, 0.05) is 18.8 Å². The van der Waals surface area contributed by atoms with Gasteiger partial charge in [0.2, 0.25) is 0 Å². The number of nitrogens with one attached hydrogen (secondary N) is 2. The smallest absolute Gasteiger partial charge is 0.319 e. The SMILES string of the molecule is CCOCCNC(=O)Nc1ccc(N=Nc2ccccc2)cc1. The Bertz CT molecular complexity index is 627. The predicted octanol–water partition coefficient (Wildman–Crippen LogP) is 4.26. The number of carbonyl (C=O) groups is 1. The van der Waals surface area contributed by atoms with Gasteiger partial charge in [-0.15, -0.1) is 0 Å². The lowest BCUT2D eigenvalue weighted by atomic mass is 10.3. The van der Waals surface area contributed by atoms with Crippen molar-refractivity contribution in [2.75, 3.05) is 25.1 Å². The van der Waals surface area contributed by atoms with Crippen LogP contribution in [-0.4, -0.2) is 25.8 Å². The Morgan fingerprint density at radius 1 is 1.00 bits per heavy atom. The molecule has 2 amide bonds. The second-order valence-electron chi connectivity index (χ2n) is 4.66. The van der Waals surface area contributed by atoms with E-state index in [0.29, 0.717) is 25.4 Å². The van der Waals surface area contributed by atoms with Crippen LogP contribution < -0.4 is 10.6 Å². The largest absolute Gasteiger partial charge is 0.380 e. The lowest BCUT2D eigenvalue weighted by Crippen LogP contribution is -2.31. The maximum absolute atomic E-state index is 11.7. The summed E-state index contributed by atoms with van der Waals surface area (Å²) in [6.45, 7) is 3.53. The molecular weight excluding hydrogens is 292 g/mol. The zero-order valence-electron chi connectivity index (χ0n) is 13.0. The van der Waals surface area contributed by atoms with Crippen LogP contribution in [0.15, 0.2) is 64.8 Å². The molecule has 6 heteroatoms. The highest BCUT2D eigenvalue weighted by atomic mass is 16.5. The van der Waals surface area contributed by atoms with E-state index >= 15 is 0 Å². The fourth-order valence-corrected chi connectivity index (χ4v) is 1.78. The third-order valence-corrected chi connectivity index (χ3v) is 2.90. The minimum atomic E-state index is -0.261. The summed E-state index contributed by atoms with van der Waals surface area (Å²) in [7, 11) is 0. The zero-order valence-corrected chi connectivity index (χ0v) is 13.0. The molecule has 2 N–H and O–H groups in total. The van der Waals surface area contributed by atoms with Gasteiger partial charge in [-0.1, -0.05) is 18.2 Å². The summed E-state index contributed by atoms with van der Waals surface area (Å²) in [6.07, 6.45) is 0. The number of ether oxygens (including phenoxy) is 1. The van der Waals surface area contributed by atoms with Gasteiger partial charge in [-0.25, -0.2) is 4.79 Å². The summed E-state index contributed by atoms with van der Waals surface area (Å²) < 4.78 is 5.15. The lowest BCUT2D eigenvalue weighted by Gasteiger charge is -2.07. The fourth-order valence-electron chi connectivity index (χ4n) is 1.78. The van der Waals surface area contributed by atoms with E-state index in [1.165, 1.54) is 0 Å². The molecule has 0 aromatic heterocycles. The second kappa shape index (κ2) is 9.32. The maximum Gasteiger partial charge on any atom is 0.319 e. The van der Waals surface area contributed by atoms with E-state index in [0.717, 1.165) is 11.4 Å². The average molecular weight is 312 g/mol. The minimum Gasteiger partial charge on any atom is -0.380 e. The Balaban J connectivity index is 1.82. The number of amides is 2. The molecule has 0 aliphatic carbocycles. The number of benzene rings is 2. The monoisotopic (exact) mass is 312 g/mol. The van der Waals surface area contributed by atoms with Crippen molar-refractivity contribution in [2.24, 2.45) is 10.2 Å². The highest BCUT2D eigenvalue weighted by molar-refractivity contribution is 5.89. The molecule has 0 saturated heterocycles. The maximum atomic E-state index is 11.7. The number of nitrogens with zero attached hydrogens (tertiary/aromatic N) is 2. The number of azo groups is 1. The van der Waals surface area contributed by atoms with Crippen molar-refractivity contribution in [3.05, 3.63) is 54.6 Å². The van der Waals surface area contributed by atoms with Gasteiger partial charge in [-0.3, -0.25) is 0 Å². The summed E-state index contributed by atoms with van der Waals surface area (Å²) in [5.41, 5.74) is 2.21. The van der Waals surface area contributed by atoms with Gasteiger partial charge in [-0.05, 0) is 43.3 Å². The van der Waals surface area contributed by atoms with E-state index in [4.69, 9.17) is 4.74 Å². The summed E-state index contributed by atoms with van der Waals surface area (Å²) in [5, 5.41) is 13.7. The summed E-state index contributed by atoms with van der Waals surface area (Å²) in [4.78, 5) is 11.7. The first-order valence-electron chi connectivity index (χ1n) is 7.47. The molecule has 0 fully saturated rings. The number of anilines is 1. The van der Waals surface area contributed by atoms with Crippen LogP contribution in [0.5, 0.6) is 0 Å². The van der Waals surface area contributed by atoms with Crippen LogP contribution in [0.25, 0.3) is 0 Å². The molecule has 0 atom stereocenters. The first-order valence-corrected chi connectivity index (χ1v) is 7.47. The van der Waals surface area contributed by atoms with Gasteiger partial charge >= 0.3 is 6.03 Å². The molecular formula is C17H20N4O2. The van der Waals surface area contributed by atoms with Gasteiger partial charge < -0.3 is 15.4 Å². The van der Waals surface area contributed by atoms with Crippen molar-refractivity contribution < 1.29 is 9.53 Å². The number of carbonyl (C=O) groups excluding carboxylic acids is 1. The molecule has 0 radical (unpaired) electrons. The standard InChI is InChI=1S/C17H20N4O2/c1-2-23-13-12-18-17(22)19-14-8-10-16(11-9-14)21-20-15-6-4-3-5-7-15/h3-11H,2,12-13H2,1H3,(H2,18,19,22). The van der Waals surface area contributed by atoms with Crippen LogP contribution in [0.1, 0.15) is 6.92 Å². The molecule has 120 valence electrons. The highest BCUT2D eigenvalue weighted by Gasteiger charge is 2.00. The molecule has 23 heavy (non-hydrogen) atoms. The summed E-state index contributed by atoms with van der Waals surface area (Å²) >= 11 is 0. The van der Waals surface area contributed by atoms with Crippen molar-refractivity contribution in [3.8, 4) is 0 Å². The number of hydrogen-bond donors (Lipinski definition) is 2. The van der Waals surface area contributed by atoms with Gasteiger partial charge in [0.1, 0.15) is 0 Å².